The third-order valence-corrected chi connectivity index (χ3v) is 4.16. The molecule has 1 aliphatic heterocycles. The van der Waals surface area contributed by atoms with E-state index in [1.807, 2.05) is 74.5 Å². The number of benzene rings is 2. The smallest absolute Gasteiger partial charge is 0.239 e. The molecule has 2 amide bonds. The van der Waals surface area contributed by atoms with Crippen LogP contribution in [0.1, 0.15) is 25.5 Å². The lowest BCUT2D eigenvalue weighted by atomic mass is 9.80. The van der Waals surface area contributed by atoms with Gasteiger partial charge in [0.25, 0.3) is 0 Å². The van der Waals surface area contributed by atoms with Gasteiger partial charge in [0.15, 0.2) is 0 Å². The number of β-lactam (4-membered cyclic amide) rings is 1. The van der Waals surface area contributed by atoms with Crippen molar-refractivity contribution in [2.24, 2.45) is 5.92 Å². The molecule has 1 saturated heterocycles. The van der Waals surface area contributed by atoms with Gasteiger partial charge in [0.05, 0.1) is 6.04 Å². The lowest BCUT2D eigenvalue weighted by molar-refractivity contribution is -0.164. The SMILES string of the molecule is CC(C)N1C(=O)C(C(=O)Nc2ccccc2)C1c1ccccc1. The van der Waals surface area contributed by atoms with E-state index < -0.39 is 5.92 Å². The van der Waals surface area contributed by atoms with Crippen molar-refractivity contribution in [3.63, 3.8) is 0 Å². The molecule has 2 atom stereocenters. The molecule has 0 saturated carbocycles. The lowest BCUT2D eigenvalue weighted by Crippen LogP contribution is -2.61. The van der Waals surface area contributed by atoms with E-state index in [-0.39, 0.29) is 23.9 Å². The first-order chi connectivity index (χ1) is 11.1. The summed E-state index contributed by atoms with van der Waals surface area (Å²) in [6, 6.07) is 18.8. The van der Waals surface area contributed by atoms with Crippen LogP contribution in [0.3, 0.4) is 0 Å². The third-order valence-electron chi connectivity index (χ3n) is 4.16. The van der Waals surface area contributed by atoms with Crippen LogP contribution in [0.25, 0.3) is 0 Å². The van der Waals surface area contributed by atoms with Crippen molar-refractivity contribution in [2.75, 3.05) is 5.32 Å². The van der Waals surface area contributed by atoms with Gasteiger partial charge < -0.3 is 10.2 Å². The van der Waals surface area contributed by atoms with Gasteiger partial charge in [-0.25, -0.2) is 0 Å². The number of rotatable bonds is 4. The van der Waals surface area contributed by atoms with Gasteiger partial charge in [0.2, 0.25) is 11.8 Å². The summed E-state index contributed by atoms with van der Waals surface area (Å²) in [6.07, 6.45) is 0. The van der Waals surface area contributed by atoms with Gasteiger partial charge in [-0.15, -0.1) is 0 Å². The van der Waals surface area contributed by atoms with Gasteiger partial charge in [-0.1, -0.05) is 48.5 Å². The maximum Gasteiger partial charge on any atom is 0.239 e. The van der Waals surface area contributed by atoms with E-state index in [0.717, 1.165) is 5.56 Å². The van der Waals surface area contributed by atoms with Gasteiger partial charge in [-0.3, -0.25) is 9.59 Å². The molecule has 0 bridgehead atoms. The molecular formula is C19H20N2O2. The van der Waals surface area contributed by atoms with E-state index in [1.54, 1.807) is 4.90 Å². The molecule has 4 nitrogen and oxygen atoms in total. The van der Waals surface area contributed by atoms with Gasteiger partial charge in [-0.05, 0) is 31.5 Å². The summed E-state index contributed by atoms with van der Waals surface area (Å²) in [5, 5.41) is 2.85. The fourth-order valence-corrected chi connectivity index (χ4v) is 3.09. The van der Waals surface area contributed by atoms with Crippen LogP contribution in [0.15, 0.2) is 60.7 Å². The number of para-hydroxylation sites is 1. The molecule has 1 heterocycles. The second-order valence-corrected chi connectivity index (χ2v) is 6.03. The molecule has 1 fully saturated rings. The predicted molar refractivity (Wildman–Crippen MR) is 89.7 cm³/mol. The second-order valence-electron chi connectivity index (χ2n) is 6.03. The average molecular weight is 308 g/mol. The standard InChI is InChI=1S/C19H20N2O2/c1-13(2)21-17(14-9-5-3-6-10-14)16(19(21)23)18(22)20-15-11-7-4-8-12-15/h3-13,16-17H,1-2H3,(H,20,22). The number of carbonyl (C=O) groups excluding carboxylic acids is 2. The number of anilines is 1. The minimum Gasteiger partial charge on any atom is -0.331 e. The second kappa shape index (κ2) is 6.24. The Hall–Kier alpha value is -2.62. The van der Waals surface area contributed by atoms with Gasteiger partial charge in [-0.2, -0.15) is 0 Å². The summed E-state index contributed by atoms with van der Waals surface area (Å²) >= 11 is 0. The fourth-order valence-electron chi connectivity index (χ4n) is 3.09. The Kier molecular flexibility index (Phi) is 4.15. The highest BCUT2D eigenvalue weighted by Crippen LogP contribution is 2.42. The molecule has 2 aromatic rings. The summed E-state index contributed by atoms with van der Waals surface area (Å²) in [4.78, 5) is 26.9. The predicted octanol–water partition coefficient (Wildman–Crippen LogP) is 3.23. The van der Waals surface area contributed by atoms with Crippen molar-refractivity contribution in [3.05, 3.63) is 66.2 Å². The number of carbonyl (C=O) groups is 2. The zero-order valence-corrected chi connectivity index (χ0v) is 13.3. The maximum absolute atomic E-state index is 12.6. The first-order valence-electron chi connectivity index (χ1n) is 7.82. The lowest BCUT2D eigenvalue weighted by Gasteiger charge is -2.49. The van der Waals surface area contributed by atoms with Crippen LogP contribution in [0, 0.1) is 5.92 Å². The Morgan fingerprint density at radius 2 is 1.57 bits per heavy atom. The summed E-state index contributed by atoms with van der Waals surface area (Å²) in [7, 11) is 0. The Morgan fingerprint density at radius 1 is 1.00 bits per heavy atom. The quantitative estimate of drug-likeness (QED) is 0.696. The summed E-state index contributed by atoms with van der Waals surface area (Å²) in [5.41, 5.74) is 1.70. The van der Waals surface area contributed by atoms with Crippen molar-refractivity contribution in [2.45, 2.75) is 25.9 Å². The first kappa shape index (κ1) is 15.3. The van der Waals surface area contributed by atoms with Crippen molar-refractivity contribution in [3.8, 4) is 0 Å². The maximum atomic E-state index is 12.6. The van der Waals surface area contributed by atoms with E-state index in [2.05, 4.69) is 5.32 Å². The molecule has 1 aliphatic rings. The number of likely N-dealkylation sites (tertiary alicyclic amines) is 1. The van der Waals surface area contributed by atoms with Crippen LogP contribution in [-0.2, 0) is 9.59 Å². The number of nitrogens with one attached hydrogen (secondary N) is 1. The molecule has 0 aromatic heterocycles. The number of hydrogen-bond acceptors (Lipinski definition) is 2. The van der Waals surface area contributed by atoms with E-state index in [0.29, 0.717) is 5.69 Å². The fraction of sp³-hybridized carbons (Fsp3) is 0.263. The molecule has 0 spiro atoms. The Labute approximate surface area is 136 Å². The third kappa shape index (κ3) is 2.84. The molecule has 3 rings (SSSR count). The Morgan fingerprint density at radius 3 is 2.13 bits per heavy atom. The zero-order chi connectivity index (χ0) is 16.4. The number of hydrogen-bond donors (Lipinski definition) is 1. The zero-order valence-electron chi connectivity index (χ0n) is 13.3. The normalized spacial score (nSPS) is 20.3. The number of nitrogens with zero attached hydrogens (tertiary/aromatic N) is 1. The van der Waals surface area contributed by atoms with Crippen molar-refractivity contribution >= 4 is 17.5 Å². The minimum absolute atomic E-state index is 0.0634. The van der Waals surface area contributed by atoms with Gasteiger partial charge in [0, 0.05) is 11.7 Å². The van der Waals surface area contributed by atoms with Crippen LogP contribution in [-0.4, -0.2) is 22.8 Å². The topological polar surface area (TPSA) is 49.4 Å². The van der Waals surface area contributed by atoms with E-state index in [1.165, 1.54) is 0 Å². The van der Waals surface area contributed by atoms with Crippen molar-refractivity contribution in [1.29, 1.82) is 0 Å². The monoisotopic (exact) mass is 308 g/mol. The highest BCUT2D eigenvalue weighted by atomic mass is 16.2. The Bertz CT molecular complexity index is 698. The molecule has 1 N–H and O–H groups in total. The molecule has 118 valence electrons. The summed E-state index contributed by atoms with van der Waals surface area (Å²) in [5.74, 6) is -1.02. The van der Waals surface area contributed by atoms with Crippen LogP contribution >= 0.6 is 0 Å². The molecule has 23 heavy (non-hydrogen) atoms. The first-order valence-corrected chi connectivity index (χ1v) is 7.82. The van der Waals surface area contributed by atoms with Crippen molar-refractivity contribution < 1.29 is 9.59 Å². The Balaban J connectivity index is 1.85. The van der Waals surface area contributed by atoms with Gasteiger partial charge >= 0.3 is 0 Å². The van der Waals surface area contributed by atoms with Crippen LogP contribution < -0.4 is 5.32 Å². The summed E-state index contributed by atoms with van der Waals surface area (Å²) < 4.78 is 0. The highest BCUT2D eigenvalue weighted by Gasteiger charge is 2.53. The largest absolute Gasteiger partial charge is 0.331 e. The minimum atomic E-state index is -0.667. The number of amides is 2. The van der Waals surface area contributed by atoms with E-state index in [4.69, 9.17) is 0 Å². The molecule has 4 heteroatoms. The van der Waals surface area contributed by atoms with Crippen LogP contribution in [0.4, 0.5) is 5.69 Å². The average Bonchev–Trinajstić information content (AvgIpc) is 2.53. The molecule has 0 radical (unpaired) electrons. The molecule has 2 aromatic carbocycles. The van der Waals surface area contributed by atoms with Crippen molar-refractivity contribution in [1.82, 2.24) is 4.90 Å². The van der Waals surface area contributed by atoms with E-state index in [9.17, 15) is 9.59 Å². The molecular weight excluding hydrogens is 288 g/mol. The molecule has 2 unspecified atom stereocenters. The van der Waals surface area contributed by atoms with E-state index >= 15 is 0 Å². The van der Waals surface area contributed by atoms with Crippen LogP contribution in [0.5, 0.6) is 0 Å². The van der Waals surface area contributed by atoms with Gasteiger partial charge in [0.1, 0.15) is 5.92 Å². The molecule has 0 aliphatic carbocycles. The van der Waals surface area contributed by atoms with Crippen LogP contribution in [0.2, 0.25) is 0 Å². The summed E-state index contributed by atoms with van der Waals surface area (Å²) in [6.45, 7) is 3.94. The highest BCUT2D eigenvalue weighted by molar-refractivity contribution is 6.10.